The minimum Gasteiger partial charge on any atom is -0.476 e. The van der Waals surface area contributed by atoms with Gasteiger partial charge in [0, 0.05) is 12.2 Å². The second kappa shape index (κ2) is 11.1. The van der Waals surface area contributed by atoms with Gasteiger partial charge in [-0.1, -0.05) is 42.5 Å². The summed E-state index contributed by atoms with van der Waals surface area (Å²) in [5.41, 5.74) is 1.82. The van der Waals surface area contributed by atoms with Gasteiger partial charge in [0.05, 0.1) is 23.7 Å². The van der Waals surface area contributed by atoms with Crippen molar-refractivity contribution in [3.63, 3.8) is 0 Å². The lowest BCUT2D eigenvalue weighted by molar-refractivity contribution is -0.127. The lowest BCUT2D eigenvalue weighted by atomic mass is 10.1. The third-order valence-electron chi connectivity index (χ3n) is 5.55. The number of ether oxygens (including phenoxy) is 2. The van der Waals surface area contributed by atoms with Crippen molar-refractivity contribution in [2.45, 2.75) is 24.3 Å². The van der Waals surface area contributed by atoms with Crippen LogP contribution in [0.15, 0.2) is 83.8 Å². The van der Waals surface area contributed by atoms with Crippen molar-refractivity contribution < 1.29 is 27.5 Å². The summed E-state index contributed by atoms with van der Waals surface area (Å²) in [6.07, 6.45) is -1.00. The molecule has 1 aliphatic heterocycles. The summed E-state index contributed by atoms with van der Waals surface area (Å²) in [5, 5.41) is 5.37. The number of carbonyl (C=O) groups excluding carboxylic acids is 2. The van der Waals surface area contributed by atoms with E-state index in [1.807, 2.05) is 30.3 Å². The molecular weight excluding hydrogens is 482 g/mol. The van der Waals surface area contributed by atoms with Crippen molar-refractivity contribution in [2.75, 3.05) is 29.3 Å². The number of anilines is 2. The van der Waals surface area contributed by atoms with Crippen LogP contribution >= 0.6 is 0 Å². The molecule has 3 aromatic carbocycles. The number of hydrogen-bond acceptors (Lipinski definition) is 6. The molecule has 10 heteroatoms. The third-order valence-corrected chi connectivity index (χ3v) is 7.34. The lowest BCUT2D eigenvalue weighted by Gasteiger charge is -2.34. The van der Waals surface area contributed by atoms with Gasteiger partial charge >= 0.3 is 6.09 Å². The average Bonchev–Trinajstić information content (AvgIpc) is 2.89. The van der Waals surface area contributed by atoms with E-state index in [1.165, 1.54) is 28.6 Å². The smallest absolute Gasteiger partial charge is 0.411 e. The maximum Gasteiger partial charge on any atom is 0.411 e. The van der Waals surface area contributed by atoms with Crippen LogP contribution in [0.4, 0.5) is 16.2 Å². The van der Waals surface area contributed by atoms with Crippen LogP contribution in [0.3, 0.4) is 0 Å². The van der Waals surface area contributed by atoms with Crippen molar-refractivity contribution in [3.8, 4) is 5.75 Å². The summed E-state index contributed by atoms with van der Waals surface area (Å²) in [6, 6.07) is 22.2. The van der Waals surface area contributed by atoms with Crippen LogP contribution in [0.2, 0.25) is 0 Å². The van der Waals surface area contributed by atoms with Gasteiger partial charge in [0.15, 0.2) is 6.10 Å². The Morgan fingerprint density at radius 2 is 1.69 bits per heavy atom. The molecule has 2 amide bonds. The van der Waals surface area contributed by atoms with E-state index in [0.29, 0.717) is 30.1 Å². The number of amides is 2. The van der Waals surface area contributed by atoms with E-state index in [1.54, 1.807) is 31.2 Å². The standard InChI is InChI=1S/C26H27N3O6S/c1-2-34-26(31)28-20-12-14-21(15-13-20)36(32,33)29-18-24(35-23-11-7-6-10-22(23)29)25(30)27-17-16-19-8-4-3-5-9-19/h3-15,24H,2,16-18H2,1H3,(H,27,30)(H,28,31). The van der Waals surface area contributed by atoms with Gasteiger partial charge in [-0.2, -0.15) is 0 Å². The van der Waals surface area contributed by atoms with E-state index >= 15 is 0 Å². The van der Waals surface area contributed by atoms with Crippen LogP contribution in [-0.2, 0) is 26.0 Å². The van der Waals surface area contributed by atoms with Gasteiger partial charge in [-0.3, -0.25) is 14.4 Å². The predicted molar refractivity (Wildman–Crippen MR) is 136 cm³/mol. The number of nitrogens with zero attached hydrogens (tertiary/aromatic N) is 1. The number of hydrogen-bond donors (Lipinski definition) is 2. The first-order chi connectivity index (χ1) is 17.4. The highest BCUT2D eigenvalue weighted by Crippen LogP contribution is 2.37. The molecule has 0 fully saturated rings. The zero-order valence-electron chi connectivity index (χ0n) is 19.7. The largest absolute Gasteiger partial charge is 0.476 e. The normalized spacial score (nSPS) is 14.8. The zero-order valence-corrected chi connectivity index (χ0v) is 20.5. The second-order valence-corrected chi connectivity index (χ2v) is 9.87. The number of fused-ring (bicyclic) bond motifs is 1. The van der Waals surface area contributed by atoms with E-state index in [-0.39, 0.29) is 18.0 Å². The van der Waals surface area contributed by atoms with Crippen molar-refractivity contribution in [1.29, 1.82) is 0 Å². The summed E-state index contributed by atoms with van der Waals surface area (Å²) < 4.78 is 39.0. The highest BCUT2D eigenvalue weighted by atomic mass is 32.2. The quantitative estimate of drug-likeness (QED) is 0.480. The fourth-order valence-corrected chi connectivity index (χ4v) is 5.25. The van der Waals surface area contributed by atoms with Gasteiger partial charge < -0.3 is 14.8 Å². The van der Waals surface area contributed by atoms with E-state index < -0.39 is 28.1 Å². The van der Waals surface area contributed by atoms with Gasteiger partial charge in [0.1, 0.15) is 5.75 Å². The molecule has 1 aliphatic rings. The maximum atomic E-state index is 13.6. The Balaban J connectivity index is 1.50. The summed E-state index contributed by atoms with van der Waals surface area (Å²) in [7, 11) is -4.03. The first kappa shape index (κ1) is 25.1. The molecule has 0 saturated carbocycles. The molecule has 36 heavy (non-hydrogen) atoms. The highest BCUT2D eigenvalue weighted by molar-refractivity contribution is 7.92. The molecule has 2 N–H and O–H groups in total. The molecule has 4 rings (SSSR count). The highest BCUT2D eigenvalue weighted by Gasteiger charge is 2.37. The predicted octanol–water partition coefficient (Wildman–Crippen LogP) is 3.57. The Morgan fingerprint density at radius 1 is 1.00 bits per heavy atom. The molecule has 1 atom stereocenters. The van der Waals surface area contributed by atoms with Crippen molar-refractivity contribution in [2.24, 2.45) is 0 Å². The fraction of sp³-hybridized carbons (Fsp3) is 0.231. The van der Waals surface area contributed by atoms with Gasteiger partial charge in [0.25, 0.3) is 15.9 Å². The molecule has 0 aliphatic carbocycles. The number of benzene rings is 3. The zero-order chi connectivity index (χ0) is 25.5. The average molecular weight is 510 g/mol. The fourth-order valence-electron chi connectivity index (χ4n) is 3.78. The van der Waals surface area contributed by atoms with Crippen molar-refractivity contribution in [1.82, 2.24) is 5.32 Å². The van der Waals surface area contributed by atoms with Crippen LogP contribution in [0.25, 0.3) is 0 Å². The van der Waals surface area contributed by atoms with Crippen LogP contribution in [-0.4, -0.2) is 46.2 Å². The summed E-state index contributed by atoms with van der Waals surface area (Å²) >= 11 is 0. The van der Waals surface area contributed by atoms with Crippen molar-refractivity contribution in [3.05, 3.63) is 84.4 Å². The summed E-state index contributed by atoms with van der Waals surface area (Å²) in [4.78, 5) is 24.5. The second-order valence-electron chi connectivity index (χ2n) is 8.01. The topological polar surface area (TPSA) is 114 Å². The number of carbonyl (C=O) groups is 2. The Labute approximate surface area is 210 Å². The Bertz CT molecular complexity index is 1310. The molecule has 9 nitrogen and oxygen atoms in total. The summed E-state index contributed by atoms with van der Waals surface area (Å²) in [5.74, 6) is -0.0919. The van der Waals surface area contributed by atoms with Crippen LogP contribution in [0, 0.1) is 0 Å². The van der Waals surface area contributed by atoms with E-state index in [2.05, 4.69) is 10.6 Å². The van der Waals surface area contributed by atoms with Gasteiger partial charge in [-0.15, -0.1) is 0 Å². The first-order valence-electron chi connectivity index (χ1n) is 11.5. The molecule has 1 heterocycles. The molecule has 0 spiro atoms. The van der Waals surface area contributed by atoms with Crippen LogP contribution in [0.5, 0.6) is 5.75 Å². The van der Waals surface area contributed by atoms with Crippen LogP contribution < -0.4 is 19.7 Å². The minimum atomic E-state index is -4.03. The van der Waals surface area contributed by atoms with E-state index in [9.17, 15) is 18.0 Å². The first-order valence-corrected chi connectivity index (χ1v) is 13.0. The van der Waals surface area contributed by atoms with Gasteiger partial charge in [0.2, 0.25) is 0 Å². The number of rotatable bonds is 8. The molecule has 0 aromatic heterocycles. The van der Waals surface area contributed by atoms with E-state index in [0.717, 1.165) is 5.56 Å². The van der Waals surface area contributed by atoms with Gasteiger partial charge in [-0.05, 0) is 55.3 Å². The van der Waals surface area contributed by atoms with Crippen molar-refractivity contribution >= 4 is 33.4 Å². The molecular formula is C26H27N3O6S. The molecule has 188 valence electrons. The number of sulfonamides is 1. The Kier molecular flexibility index (Phi) is 7.74. The number of para-hydroxylation sites is 2. The van der Waals surface area contributed by atoms with Crippen LogP contribution in [0.1, 0.15) is 12.5 Å². The Morgan fingerprint density at radius 3 is 2.42 bits per heavy atom. The maximum absolute atomic E-state index is 13.6. The molecule has 1 unspecified atom stereocenters. The Hall–Kier alpha value is -4.05. The van der Waals surface area contributed by atoms with Gasteiger partial charge in [-0.25, -0.2) is 13.2 Å². The third kappa shape index (κ3) is 5.77. The van der Waals surface area contributed by atoms with E-state index in [4.69, 9.17) is 9.47 Å². The molecule has 0 bridgehead atoms. The summed E-state index contributed by atoms with van der Waals surface area (Å²) in [6.45, 7) is 2.12. The molecule has 3 aromatic rings. The lowest BCUT2D eigenvalue weighted by Crippen LogP contribution is -2.51. The molecule has 0 radical (unpaired) electrons. The minimum absolute atomic E-state index is 0.0110. The SMILES string of the molecule is CCOC(=O)Nc1ccc(S(=O)(=O)N2CC(C(=O)NCCc3ccccc3)Oc3ccccc32)cc1. The molecule has 0 saturated heterocycles. The monoisotopic (exact) mass is 509 g/mol. The number of nitrogens with one attached hydrogen (secondary N) is 2.